The van der Waals surface area contributed by atoms with Crippen LogP contribution in [0.2, 0.25) is 0 Å². The highest BCUT2D eigenvalue weighted by molar-refractivity contribution is 6.09. The third-order valence-corrected chi connectivity index (χ3v) is 4.07. The van der Waals surface area contributed by atoms with E-state index in [0.717, 1.165) is 10.8 Å². The molecule has 4 heteroatoms. The molecule has 0 aliphatic rings. The van der Waals surface area contributed by atoms with Crippen molar-refractivity contribution in [2.24, 2.45) is 0 Å². The number of nitriles is 1. The highest BCUT2D eigenvalue weighted by Gasteiger charge is 2.17. The van der Waals surface area contributed by atoms with Crippen molar-refractivity contribution < 1.29 is 9.52 Å². The summed E-state index contributed by atoms with van der Waals surface area (Å²) in [6, 6.07) is 19.8. The number of phenols is 1. The molecular formula is C20H11NO3. The van der Waals surface area contributed by atoms with Crippen LogP contribution in [0.25, 0.3) is 32.9 Å². The quantitative estimate of drug-likeness (QED) is 0.422. The molecule has 0 aliphatic heterocycles. The first kappa shape index (κ1) is 14.0. The maximum absolute atomic E-state index is 12.3. The number of hydrogen-bond acceptors (Lipinski definition) is 4. The van der Waals surface area contributed by atoms with Crippen LogP contribution >= 0.6 is 0 Å². The highest BCUT2D eigenvalue weighted by atomic mass is 16.4. The summed E-state index contributed by atoms with van der Waals surface area (Å²) in [5.41, 5.74) is 0.958. The fourth-order valence-corrected chi connectivity index (χ4v) is 2.96. The lowest BCUT2D eigenvalue weighted by Gasteiger charge is -2.10. The van der Waals surface area contributed by atoms with E-state index >= 15 is 0 Å². The molecule has 0 saturated carbocycles. The van der Waals surface area contributed by atoms with Crippen LogP contribution < -0.4 is 5.63 Å². The van der Waals surface area contributed by atoms with Crippen LogP contribution in [0.3, 0.4) is 0 Å². The first-order chi connectivity index (χ1) is 11.7. The Labute approximate surface area is 136 Å². The van der Waals surface area contributed by atoms with E-state index in [1.54, 1.807) is 12.1 Å². The predicted octanol–water partition coefficient (Wildman–Crippen LogP) is 4.19. The summed E-state index contributed by atoms with van der Waals surface area (Å²) < 4.78 is 5.46. The zero-order valence-corrected chi connectivity index (χ0v) is 12.5. The highest BCUT2D eigenvalue weighted by Crippen LogP contribution is 2.34. The smallest absolute Gasteiger partial charge is 0.354 e. The van der Waals surface area contributed by atoms with E-state index in [4.69, 9.17) is 4.42 Å². The molecule has 114 valence electrons. The predicted molar refractivity (Wildman–Crippen MR) is 91.8 cm³/mol. The van der Waals surface area contributed by atoms with Crippen LogP contribution in [0, 0.1) is 11.3 Å². The lowest BCUT2D eigenvalue weighted by Crippen LogP contribution is -2.07. The van der Waals surface area contributed by atoms with Gasteiger partial charge in [0.05, 0.1) is 0 Å². The Morgan fingerprint density at radius 1 is 0.917 bits per heavy atom. The number of nitrogens with zero attached hydrogens (tertiary/aromatic N) is 1. The van der Waals surface area contributed by atoms with Gasteiger partial charge in [-0.1, -0.05) is 42.5 Å². The van der Waals surface area contributed by atoms with Crippen LogP contribution in [0.1, 0.15) is 5.56 Å². The molecule has 0 radical (unpaired) electrons. The van der Waals surface area contributed by atoms with Crippen LogP contribution in [-0.4, -0.2) is 5.11 Å². The number of fused-ring (bicyclic) bond motifs is 3. The van der Waals surface area contributed by atoms with E-state index in [1.165, 1.54) is 12.1 Å². The van der Waals surface area contributed by atoms with Gasteiger partial charge in [0.2, 0.25) is 0 Å². The lowest BCUT2D eigenvalue weighted by molar-refractivity contribution is 0.475. The Balaban J connectivity index is 2.22. The van der Waals surface area contributed by atoms with Gasteiger partial charge < -0.3 is 9.52 Å². The van der Waals surface area contributed by atoms with Gasteiger partial charge in [-0.15, -0.1) is 0 Å². The maximum Gasteiger partial charge on any atom is 0.354 e. The van der Waals surface area contributed by atoms with Gasteiger partial charge in [-0.2, -0.15) is 5.26 Å². The molecule has 3 aromatic carbocycles. The summed E-state index contributed by atoms with van der Waals surface area (Å²) in [5.74, 6) is 0.120. The molecule has 0 aliphatic carbocycles. The van der Waals surface area contributed by atoms with Gasteiger partial charge in [-0.3, -0.25) is 0 Å². The summed E-state index contributed by atoms with van der Waals surface area (Å²) in [5, 5.41) is 21.4. The number of hydrogen-bond donors (Lipinski definition) is 1. The third kappa shape index (κ3) is 2.03. The molecule has 0 amide bonds. The van der Waals surface area contributed by atoms with Crippen molar-refractivity contribution in [2.75, 3.05) is 0 Å². The second-order valence-corrected chi connectivity index (χ2v) is 5.46. The standard InChI is InChI=1S/C20H11NO3/c21-11-17-18(13-5-8-14(22)9-6-13)16-10-7-12-3-1-2-4-15(12)19(16)24-20(17)23/h1-10,22H. The van der Waals surface area contributed by atoms with E-state index < -0.39 is 5.63 Å². The number of rotatable bonds is 1. The van der Waals surface area contributed by atoms with Gasteiger partial charge in [0.25, 0.3) is 0 Å². The second kappa shape index (κ2) is 5.25. The van der Waals surface area contributed by atoms with Gasteiger partial charge >= 0.3 is 5.63 Å². The Morgan fingerprint density at radius 3 is 2.42 bits per heavy atom. The van der Waals surface area contributed by atoms with Crippen LogP contribution in [0.15, 0.2) is 69.9 Å². The minimum atomic E-state index is -0.663. The average Bonchev–Trinajstić information content (AvgIpc) is 2.61. The minimum absolute atomic E-state index is 0.0385. The van der Waals surface area contributed by atoms with E-state index in [9.17, 15) is 15.2 Å². The van der Waals surface area contributed by atoms with Gasteiger partial charge in [-0.05, 0) is 29.1 Å². The molecule has 0 bridgehead atoms. The molecule has 24 heavy (non-hydrogen) atoms. The first-order valence-corrected chi connectivity index (χ1v) is 7.37. The van der Waals surface area contributed by atoms with Crippen molar-refractivity contribution in [3.05, 3.63) is 76.6 Å². The number of phenolic OH excluding ortho intramolecular Hbond substituents is 1. The Morgan fingerprint density at radius 2 is 1.67 bits per heavy atom. The first-order valence-electron chi connectivity index (χ1n) is 7.37. The Kier molecular flexibility index (Phi) is 3.07. The lowest BCUT2D eigenvalue weighted by atomic mass is 9.95. The molecule has 4 nitrogen and oxygen atoms in total. The van der Waals surface area contributed by atoms with Gasteiger partial charge in [-0.25, -0.2) is 4.79 Å². The number of aromatic hydroxyl groups is 1. The zero-order valence-electron chi connectivity index (χ0n) is 12.5. The Hall–Kier alpha value is -3.58. The minimum Gasteiger partial charge on any atom is -0.508 e. The van der Waals surface area contributed by atoms with Crippen molar-refractivity contribution in [1.29, 1.82) is 5.26 Å². The van der Waals surface area contributed by atoms with Gasteiger partial charge in [0.1, 0.15) is 23.0 Å². The average molecular weight is 313 g/mol. The SMILES string of the molecule is N#Cc1c(-c2ccc(O)cc2)c2ccc3ccccc3c2oc1=O. The second-order valence-electron chi connectivity index (χ2n) is 5.46. The van der Waals surface area contributed by atoms with Gasteiger partial charge in [0, 0.05) is 16.3 Å². The fourth-order valence-electron chi connectivity index (χ4n) is 2.96. The van der Waals surface area contributed by atoms with Crippen LogP contribution in [0.5, 0.6) is 5.75 Å². The maximum atomic E-state index is 12.3. The molecule has 0 unspecified atom stereocenters. The fraction of sp³-hybridized carbons (Fsp3) is 0. The van der Waals surface area contributed by atoms with Crippen molar-refractivity contribution in [3.63, 3.8) is 0 Å². The summed E-state index contributed by atoms with van der Waals surface area (Å²) >= 11 is 0. The van der Waals surface area contributed by atoms with Crippen molar-refractivity contribution in [2.45, 2.75) is 0 Å². The molecule has 4 aromatic rings. The third-order valence-electron chi connectivity index (χ3n) is 4.07. The summed E-state index contributed by atoms with van der Waals surface area (Å²) in [6.07, 6.45) is 0. The Bertz CT molecular complexity index is 1180. The van der Waals surface area contributed by atoms with E-state index in [-0.39, 0.29) is 11.3 Å². The molecule has 4 rings (SSSR count). The molecule has 0 fully saturated rings. The van der Waals surface area contributed by atoms with Crippen molar-refractivity contribution in [1.82, 2.24) is 0 Å². The van der Waals surface area contributed by atoms with Crippen molar-refractivity contribution in [3.8, 4) is 22.9 Å². The molecule has 1 heterocycles. The number of benzene rings is 3. The molecule has 1 N–H and O–H groups in total. The normalized spacial score (nSPS) is 10.8. The summed E-state index contributed by atoms with van der Waals surface area (Å²) in [6.45, 7) is 0. The summed E-state index contributed by atoms with van der Waals surface area (Å²) in [4.78, 5) is 12.3. The zero-order chi connectivity index (χ0) is 16.7. The molecule has 0 saturated heterocycles. The van der Waals surface area contributed by atoms with Crippen LogP contribution in [-0.2, 0) is 0 Å². The van der Waals surface area contributed by atoms with E-state index in [0.29, 0.717) is 22.1 Å². The van der Waals surface area contributed by atoms with Crippen LogP contribution in [0.4, 0.5) is 0 Å². The molecular weight excluding hydrogens is 302 g/mol. The van der Waals surface area contributed by atoms with E-state index in [1.807, 2.05) is 42.5 Å². The largest absolute Gasteiger partial charge is 0.508 e. The molecule has 0 spiro atoms. The molecule has 1 aromatic heterocycles. The van der Waals surface area contributed by atoms with Gasteiger partial charge in [0.15, 0.2) is 0 Å². The van der Waals surface area contributed by atoms with E-state index in [2.05, 4.69) is 0 Å². The summed E-state index contributed by atoms with van der Waals surface area (Å²) in [7, 11) is 0. The topological polar surface area (TPSA) is 74.2 Å². The monoisotopic (exact) mass is 313 g/mol. The molecule has 0 atom stereocenters. The van der Waals surface area contributed by atoms with Crippen molar-refractivity contribution >= 4 is 21.7 Å².